The first kappa shape index (κ1) is 24.3. The number of carbonyl (C=O) groups excluding carboxylic acids is 1. The molecule has 37 heavy (non-hydrogen) atoms. The van der Waals surface area contributed by atoms with E-state index in [0.29, 0.717) is 17.7 Å². The molecule has 2 heterocycles. The zero-order valence-electron chi connectivity index (χ0n) is 19.8. The summed E-state index contributed by atoms with van der Waals surface area (Å²) in [6.45, 7) is 0.597. The number of fused-ring (bicyclic) bond motifs is 1. The fourth-order valence-corrected chi connectivity index (χ4v) is 4.86. The molecule has 0 saturated carbocycles. The van der Waals surface area contributed by atoms with Gasteiger partial charge in [-0.3, -0.25) is 23.3 Å². The second-order valence-electron chi connectivity index (χ2n) is 8.35. The molecule has 0 bridgehead atoms. The third kappa shape index (κ3) is 5.40. The number of anilines is 2. The lowest BCUT2D eigenvalue weighted by atomic mass is 10.1. The van der Waals surface area contributed by atoms with E-state index in [1.54, 1.807) is 59.8 Å². The zero-order valence-corrected chi connectivity index (χ0v) is 20.6. The molecule has 0 spiro atoms. The maximum absolute atomic E-state index is 14.1. The maximum atomic E-state index is 14.1. The van der Waals surface area contributed by atoms with Gasteiger partial charge in [0.1, 0.15) is 0 Å². The molecule has 1 unspecified atom stereocenters. The summed E-state index contributed by atoms with van der Waals surface area (Å²) in [6, 6.07) is 30.9. The van der Waals surface area contributed by atoms with Gasteiger partial charge in [-0.05, 0) is 42.0 Å². The van der Waals surface area contributed by atoms with E-state index in [1.807, 2.05) is 60.7 Å². The van der Waals surface area contributed by atoms with Gasteiger partial charge in [-0.25, -0.2) is 0 Å². The molecule has 5 aromatic rings. The summed E-state index contributed by atoms with van der Waals surface area (Å²) in [7, 11) is 0. The number of aromatic nitrogens is 2. The Kier molecular flexibility index (Phi) is 7.30. The van der Waals surface area contributed by atoms with E-state index >= 15 is 0 Å². The predicted molar refractivity (Wildman–Crippen MR) is 144 cm³/mol. The fourth-order valence-electron chi connectivity index (χ4n) is 4.23. The van der Waals surface area contributed by atoms with Gasteiger partial charge in [-0.2, -0.15) is 0 Å². The molecule has 3 aromatic carbocycles. The van der Waals surface area contributed by atoms with Crippen LogP contribution in [0.2, 0.25) is 0 Å². The maximum Gasteiger partial charge on any atom is 0.256 e. The van der Waals surface area contributed by atoms with Crippen LogP contribution in [0.15, 0.2) is 116 Å². The van der Waals surface area contributed by atoms with Crippen molar-refractivity contribution in [2.75, 3.05) is 4.31 Å². The number of para-hydroxylation sites is 2. The Balaban J connectivity index is 1.59. The van der Waals surface area contributed by atoms with Crippen LogP contribution in [-0.2, 0) is 24.4 Å². The van der Waals surface area contributed by atoms with Crippen molar-refractivity contribution in [3.05, 3.63) is 132 Å². The van der Waals surface area contributed by atoms with Gasteiger partial charge >= 0.3 is 0 Å². The first-order chi connectivity index (χ1) is 18.1. The van der Waals surface area contributed by atoms with Crippen molar-refractivity contribution in [3.63, 3.8) is 0 Å². The molecule has 0 aliphatic carbocycles. The van der Waals surface area contributed by atoms with Gasteiger partial charge in [0.25, 0.3) is 5.91 Å². The third-order valence-corrected chi connectivity index (χ3v) is 6.61. The van der Waals surface area contributed by atoms with E-state index in [4.69, 9.17) is 0 Å². The van der Waals surface area contributed by atoms with Crippen LogP contribution in [0, 0.1) is 0 Å². The first-order valence-corrected chi connectivity index (χ1v) is 12.7. The van der Waals surface area contributed by atoms with Crippen LogP contribution in [-0.4, -0.2) is 29.5 Å². The molecular formula is C29H23N4O3S-. The molecule has 1 atom stereocenters. The molecule has 0 saturated heterocycles. The van der Waals surface area contributed by atoms with Crippen LogP contribution in [0.1, 0.15) is 21.6 Å². The fraction of sp³-hybridized carbons (Fsp3) is 0.0690. The van der Waals surface area contributed by atoms with Crippen LogP contribution >= 0.6 is 0 Å². The van der Waals surface area contributed by atoms with Crippen LogP contribution in [0.25, 0.3) is 10.9 Å². The van der Waals surface area contributed by atoms with Crippen molar-refractivity contribution in [1.82, 2.24) is 14.9 Å². The van der Waals surface area contributed by atoms with Crippen LogP contribution in [0.4, 0.5) is 11.4 Å². The largest absolute Gasteiger partial charge is 0.755 e. The summed E-state index contributed by atoms with van der Waals surface area (Å²) >= 11 is -2.72. The van der Waals surface area contributed by atoms with Crippen molar-refractivity contribution >= 4 is 39.5 Å². The quantitative estimate of drug-likeness (QED) is 0.262. The van der Waals surface area contributed by atoms with E-state index < -0.39 is 11.3 Å². The average molecular weight is 508 g/mol. The Labute approximate surface area is 217 Å². The number of hydrogen-bond acceptors (Lipinski definition) is 5. The van der Waals surface area contributed by atoms with Crippen LogP contribution < -0.4 is 4.31 Å². The molecule has 7 nitrogen and oxygen atoms in total. The minimum atomic E-state index is -2.72. The summed E-state index contributed by atoms with van der Waals surface area (Å²) in [5.41, 5.74) is 3.07. The normalized spacial score (nSPS) is 11.7. The van der Waals surface area contributed by atoms with E-state index in [-0.39, 0.29) is 23.7 Å². The Morgan fingerprint density at radius 3 is 2.22 bits per heavy atom. The van der Waals surface area contributed by atoms with E-state index in [1.165, 1.54) is 0 Å². The van der Waals surface area contributed by atoms with Crippen molar-refractivity contribution in [3.8, 4) is 0 Å². The van der Waals surface area contributed by atoms with Gasteiger partial charge < -0.3 is 9.45 Å². The molecule has 8 heteroatoms. The number of carbonyl (C=O) groups is 1. The highest BCUT2D eigenvalue weighted by Crippen LogP contribution is 2.35. The van der Waals surface area contributed by atoms with Crippen molar-refractivity contribution in [2.24, 2.45) is 0 Å². The number of benzene rings is 3. The average Bonchev–Trinajstić information content (AvgIpc) is 2.94. The summed E-state index contributed by atoms with van der Waals surface area (Å²) in [5, 5.41) is 0.792. The Morgan fingerprint density at radius 2 is 1.43 bits per heavy atom. The Bertz CT molecular complexity index is 1500. The first-order valence-electron chi connectivity index (χ1n) is 11.7. The predicted octanol–water partition coefficient (Wildman–Crippen LogP) is 5.40. The van der Waals surface area contributed by atoms with Gasteiger partial charge in [-0.15, -0.1) is 0 Å². The summed E-state index contributed by atoms with van der Waals surface area (Å²) in [4.78, 5) is 24.5. The highest BCUT2D eigenvalue weighted by molar-refractivity contribution is 7.81. The number of pyridine rings is 2. The number of hydrogen-bond donors (Lipinski definition) is 0. The lowest BCUT2D eigenvalue weighted by molar-refractivity contribution is 0.0728. The highest BCUT2D eigenvalue weighted by Gasteiger charge is 2.25. The van der Waals surface area contributed by atoms with Gasteiger partial charge in [0.2, 0.25) is 0 Å². The topological polar surface area (TPSA) is 89.5 Å². The summed E-state index contributed by atoms with van der Waals surface area (Å²) in [5.74, 6) is -0.311. The van der Waals surface area contributed by atoms with Crippen molar-refractivity contribution < 1.29 is 13.6 Å². The molecule has 0 fully saturated rings. The molecule has 0 aliphatic heterocycles. The van der Waals surface area contributed by atoms with E-state index in [2.05, 4.69) is 9.97 Å². The molecule has 0 N–H and O–H groups in total. The third-order valence-electron chi connectivity index (χ3n) is 5.92. The molecule has 0 radical (unpaired) electrons. The van der Waals surface area contributed by atoms with Crippen molar-refractivity contribution in [1.29, 1.82) is 0 Å². The standard InChI is InChI=1S/C29H24N4O3S/c34-29(32(20-22-10-2-1-3-11-22)21-24-14-6-7-18-30-24)25-15-4-5-16-26(25)33(37(35)36)27-17-8-12-23-13-9-19-31-28(23)27/h1-19H,20-21H2,(H,35,36)/p-1. The number of amides is 1. The van der Waals surface area contributed by atoms with E-state index in [0.717, 1.165) is 20.9 Å². The molecule has 2 aromatic heterocycles. The van der Waals surface area contributed by atoms with Gasteiger partial charge in [-0.1, -0.05) is 66.7 Å². The Morgan fingerprint density at radius 1 is 0.730 bits per heavy atom. The Hall–Kier alpha value is -4.40. The summed E-state index contributed by atoms with van der Waals surface area (Å²) < 4.78 is 26.4. The zero-order chi connectivity index (χ0) is 25.6. The lowest BCUT2D eigenvalue weighted by Crippen LogP contribution is -2.32. The van der Waals surface area contributed by atoms with E-state index in [9.17, 15) is 13.6 Å². The van der Waals surface area contributed by atoms with Gasteiger partial charge in [0.15, 0.2) is 0 Å². The van der Waals surface area contributed by atoms with Gasteiger partial charge in [0, 0.05) is 24.3 Å². The summed E-state index contributed by atoms with van der Waals surface area (Å²) in [6.07, 6.45) is 3.30. The SMILES string of the molecule is O=C(c1ccccc1N(c1cccc2cccnc12)S(=O)[O-])N(Cc1ccccc1)Cc1ccccn1. The molecule has 0 aliphatic rings. The second kappa shape index (κ2) is 11.1. The lowest BCUT2D eigenvalue weighted by Gasteiger charge is -2.30. The molecule has 1 amide bonds. The number of rotatable bonds is 8. The molecule has 5 rings (SSSR count). The highest BCUT2D eigenvalue weighted by atomic mass is 32.2. The molecule has 184 valence electrons. The second-order valence-corrected chi connectivity index (χ2v) is 9.15. The van der Waals surface area contributed by atoms with Gasteiger partial charge in [0.05, 0.1) is 46.0 Å². The molecular weight excluding hydrogens is 484 g/mol. The smallest absolute Gasteiger partial charge is 0.256 e. The minimum Gasteiger partial charge on any atom is -0.755 e. The number of nitrogens with zero attached hydrogens (tertiary/aromatic N) is 4. The minimum absolute atomic E-state index is 0.248. The van der Waals surface area contributed by atoms with Crippen molar-refractivity contribution in [2.45, 2.75) is 13.1 Å². The van der Waals surface area contributed by atoms with Crippen LogP contribution in [0.5, 0.6) is 0 Å². The van der Waals surface area contributed by atoms with Crippen LogP contribution in [0.3, 0.4) is 0 Å². The monoisotopic (exact) mass is 507 g/mol.